The maximum absolute atomic E-state index is 11.8. The van der Waals surface area contributed by atoms with Gasteiger partial charge >= 0.3 is 0 Å². The number of aryl methyl sites for hydroxylation is 1. The monoisotopic (exact) mass is 407 g/mol. The van der Waals surface area contributed by atoms with Gasteiger partial charge < -0.3 is 20.1 Å². The van der Waals surface area contributed by atoms with Crippen LogP contribution >= 0.6 is 12.2 Å². The molecule has 1 aliphatic rings. The van der Waals surface area contributed by atoms with E-state index in [2.05, 4.69) is 20.8 Å². The molecule has 4 rings (SSSR count). The van der Waals surface area contributed by atoms with Crippen molar-refractivity contribution in [2.24, 2.45) is 0 Å². The van der Waals surface area contributed by atoms with Crippen molar-refractivity contribution in [3.05, 3.63) is 60.0 Å². The van der Waals surface area contributed by atoms with Crippen molar-refractivity contribution in [2.75, 3.05) is 16.8 Å². The van der Waals surface area contributed by atoms with Crippen LogP contribution in [0.3, 0.4) is 0 Å². The number of hydrogen-bond acceptors (Lipinski definition) is 5. The molecule has 7 nitrogen and oxygen atoms in total. The van der Waals surface area contributed by atoms with Crippen LogP contribution in [-0.4, -0.2) is 27.7 Å². The SMILES string of the molecule is Cc1ccccc1-c1noc(CNC(=S)Nc2ccc(N3CCCC3=O)cc2)n1. The number of benzene rings is 2. The summed E-state index contributed by atoms with van der Waals surface area (Å²) in [6.45, 7) is 3.11. The zero-order valence-corrected chi connectivity index (χ0v) is 16.8. The predicted octanol–water partition coefficient (Wildman–Crippen LogP) is 3.66. The Kier molecular flexibility index (Phi) is 5.53. The molecule has 29 heavy (non-hydrogen) atoms. The molecule has 2 N–H and O–H groups in total. The molecule has 2 heterocycles. The van der Waals surface area contributed by atoms with E-state index in [0.717, 1.165) is 35.5 Å². The molecular weight excluding hydrogens is 386 g/mol. The van der Waals surface area contributed by atoms with E-state index in [1.807, 2.05) is 60.4 Å². The Bertz CT molecular complexity index is 1030. The number of nitrogens with zero attached hydrogens (tertiary/aromatic N) is 3. The largest absolute Gasteiger partial charge is 0.353 e. The lowest BCUT2D eigenvalue weighted by molar-refractivity contribution is -0.117. The zero-order valence-electron chi connectivity index (χ0n) is 16.0. The molecule has 3 aromatic rings. The van der Waals surface area contributed by atoms with Crippen molar-refractivity contribution in [3.8, 4) is 11.4 Å². The molecule has 0 bridgehead atoms. The minimum Gasteiger partial charge on any atom is -0.353 e. The fourth-order valence-corrected chi connectivity index (χ4v) is 3.43. The smallest absolute Gasteiger partial charge is 0.246 e. The highest BCUT2D eigenvalue weighted by Gasteiger charge is 2.21. The van der Waals surface area contributed by atoms with Crippen molar-refractivity contribution >= 4 is 34.6 Å². The summed E-state index contributed by atoms with van der Waals surface area (Å²) in [5.41, 5.74) is 3.78. The third-order valence-corrected chi connectivity index (χ3v) is 5.01. The summed E-state index contributed by atoms with van der Waals surface area (Å²) in [5.74, 6) is 1.19. The molecule has 1 aromatic heterocycles. The molecular formula is C21H21N5O2S. The van der Waals surface area contributed by atoms with Gasteiger partial charge in [-0.1, -0.05) is 29.4 Å². The summed E-state index contributed by atoms with van der Waals surface area (Å²) >= 11 is 5.34. The molecule has 1 saturated heterocycles. The van der Waals surface area contributed by atoms with Gasteiger partial charge in [-0.3, -0.25) is 4.79 Å². The third-order valence-electron chi connectivity index (χ3n) is 4.76. The van der Waals surface area contributed by atoms with Gasteiger partial charge in [0.2, 0.25) is 17.6 Å². The van der Waals surface area contributed by atoms with Gasteiger partial charge in [0.1, 0.15) is 0 Å². The van der Waals surface area contributed by atoms with Gasteiger partial charge in [0.25, 0.3) is 0 Å². The van der Waals surface area contributed by atoms with Crippen molar-refractivity contribution < 1.29 is 9.32 Å². The van der Waals surface area contributed by atoms with Crippen LogP contribution in [0.4, 0.5) is 11.4 Å². The minimum atomic E-state index is 0.174. The van der Waals surface area contributed by atoms with E-state index in [1.54, 1.807) is 0 Å². The molecule has 8 heteroatoms. The van der Waals surface area contributed by atoms with E-state index in [1.165, 1.54) is 0 Å². The lowest BCUT2D eigenvalue weighted by atomic mass is 10.1. The molecule has 0 saturated carbocycles. The van der Waals surface area contributed by atoms with Gasteiger partial charge in [-0.15, -0.1) is 0 Å². The number of nitrogens with one attached hydrogen (secondary N) is 2. The molecule has 1 amide bonds. The number of carbonyl (C=O) groups excluding carboxylic acids is 1. The second-order valence-electron chi connectivity index (χ2n) is 6.83. The number of rotatable bonds is 5. The van der Waals surface area contributed by atoms with Gasteiger partial charge in [-0.05, 0) is 55.4 Å². The number of hydrogen-bond donors (Lipinski definition) is 2. The average molecular weight is 407 g/mol. The van der Waals surface area contributed by atoms with E-state index in [9.17, 15) is 4.79 Å². The second kappa shape index (κ2) is 8.40. The topological polar surface area (TPSA) is 83.3 Å². The molecule has 0 spiro atoms. The van der Waals surface area contributed by atoms with Crippen molar-refractivity contribution in [2.45, 2.75) is 26.3 Å². The van der Waals surface area contributed by atoms with Gasteiger partial charge in [0, 0.05) is 29.9 Å². The van der Waals surface area contributed by atoms with Gasteiger partial charge in [0.15, 0.2) is 5.11 Å². The standard InChI is InChI=1S/C21H21N5O2S/c1-14-5-2-3-6-17(14)20-24-18(28-25-20)13-22-21(29)23-15-8-10-16(11-9-15)26-12-4-7-19(26)27/h2-3,5-6,8-11H,4,7,12-13H2,1H3,(H2,22,23,29). The summed E-state index contributed by atoms with van der Waals surface area (Å²) in [7, 11) is 0. The first-order chi connectivity index (χ1) is 14.1. The predicted molar refractivity (Wildman–Crippen MR) is 116 cm³/mol. The first kappa shape index (κ1) is 19.1. The van der Waals surface area contributed by atoms with Crippen LogP contribution in [0.25, 0.3) is 11.4 Å². The zero-order chi connectivity index (χ0) is 20.2. The molecule has 2 aromatic carbocycles. The van der Waals surface area contributed by atoms with Crippen LogP contribution in [-0.2, 0) is 11.3 Å². The van der Waals surface area contributed by atoms with E-state index >= 15 is 0 Å². The molecule has 0 radical (unpaired) electrons. The molecule has 1 fully saturated rings. The Labute approximate surface area is 174 Å². The van der Waals surface area contributed by atoms with E-state index in [-0.39, 0.29) is 5.91 Å². The van der Waals surface area contributed by atoms with Crippen LogP contribution in [0.5, 0.6) is 0 Å². The van der Waals surface area contributed by atoms with Gasteiger partial charge in [0.05, 0.1) is 6.54 Å². The number of aromatic nitrogens is 2. The van der Waals surface area contributed by atoms with Crippen molar-refractivity contribution in [1.82, 2.24) is 15.5 Å². The normalized spacial score (nSPS) is 13.6. The highest BCUT2D eigenvalue weighted by atomic mass is 32.1. The molecule has 0 aliphatic carbocycles. The lowest BCUT2D eigenvalue weighted by Crippen LogP contribution is -2.28. The van der Waals surface area contributed by atoms with E-state index in [4.69, 9.17) is 16.7 Å². The summed E-state index contributed by atoms with van der Waals surface area (Å²) in [4.78, 5) is 18.1. The fourth-order valence-electron chi connectivity index (χ4n) is 3.24. The fraction of sp³-hybridized carbons (Fsp3) is 0.238. The number of anilines is 2. The highest BCUT2D eigenvalue weighted by Crippen LogP contribution is 2.23. The van der Waals surface area contributed by atoms with E-state index in [0.29, 0.717) is 29.8 Å². The maximum atomic E-state index is 11.8. The van der Waals surface area contributed by atoms with E-state index < -0.39 is 0 Å². The molecule has 0 atom stereocenters. The van der Waals surface area contributed by atoms with Crippen LogP contribution in [0, 0.1) is 6.92 Å². The summed E-state index contributed by atoms with van der Waals surface area (Å²) in [6.07, 6.45) is 1.53. The summed E-state index contributed by atoms with van der Waals surface area (Å²) in [5, 5.41) is 10.7. The summed E-state index contributed by atoms with van der Waals surface area (Å²) < 4.78 is 5.31. The molecule has 1 aliphatic heterocycles. The molecule has 148 valence electrons. The summed E-state index contributed by atoms with van der Waals surface area (Å²) in [6, 6.07) is 15.5. The van der Waals surface area contributed by atoms with Gasteiger partial charge in [-0.2, -0.15) is 4.98 Å². The van der Waals surface area contributed by atoms with Crippen molar-refractivity contribution in [3.63, 3.8) is 0 Å². The third kappa shape index (κ3) is 4.43. The second-order valence-corrected chi connectivity index (χ2v) is 7.24. The maximum Gasteiger partial charge on any atom is 0.246 e. The Morgan fingerprint density at radius 1 is 1.21 bits per heavy atom. The lowest BCUT2D eigenvalue weighted by Gasteiger charge is -2.16. The average Bonchev–Trinajstić information content (AvgIpc) is 3.36. The number of carbonyl (C=O) groups is 1. The van der Waals surface area contributed by atoms with Crippen LogP contribution in [0.15, 0.2) is 53.1 Å². The Morgan fingerprint density at radius 2 is 2.00 bits per heavy atom. The molecule has 0 unspecified atom stereocenters. The van der Waals surface area contributed by atoms with Crippen molar-refractivity contribution in [1.29, 1.82) is 0 Å². The number of amides is 1. The van der Waals surface area contributed by atoms with Crippen LogP contribution < -0.4 is 15.5 Å². The minimum absolute atomic E-state index is 0.174. The first-order valence-electron chi connectivity index (χ1n) is 9.44. The highest BCUT2D eigenvalue weighted by molar-refractivity contribution is 7.80. The first-order valence-corrected chi connectivity index (χ1v) is 9.85. The van der Waals surface area contributed by atoms with Crippen LogP contribution in [0.1, 0.15) is 24.3 Å². The Morgan fingerprint density at radius 3 is 2.72 bits per heavy atom. The van der Waals surface area contributed by atoms with Crippen LogP contribution in [0.2, 0.25) is 0 Å². The quantitative estimate of drug-likeness (QED) is 0.625. The Balaban J connectivity index is 1.31. The number of thiocarbonyl (C=S) groups is 1. The van der Waals surface area contributed by atoms with Gasteiger partial charge in [-0.25, -0.2) is 0 Å². The Hall–Kier alpha value is -3.26.